The molecule has 24 heavy (non-hydrogen) atoms. The number of likely N-dealkylation sites (tertiary alicyclic amines) is 1. The fourth-order valence-corrected chi connectivity index (χ4v) is 3.06. The zero-order valence-corrected chi connectivity index (χ0v) is 13.9. The first kappa shape index (κ1) is 16.6. The molecule has 0 saturated carbocycles. The Morgan fingerprint density at radius 2 is 2.12 bits per heavy atom. The second-order valence-corrected chi connectivity index (χ2v) is 6.28. The Labute approximate surface area is 140 Å². The van der Waals surface area contributed by atoms with Gasteiger partial charge in [0.05, 0.1) is 11.9 Å². The van der Waals surface area contributed by atoms with Gasteiger partial charge in [-0.2, -0.15) is 0 Å². The van der Waals surface area contributed by atoms with Crippen molar-refractivity contribution in [2.24, 2.45) is 0 Å². The van der Waals surface area contributed by atoms with Crippen molar-refractivity contribution >= 4 is 5.91 Å². The van der Waals surface area contributed by atoms with Gasteiger partial charge in [0.25, 0.3) is 0 Å². The minimum Gasteiger partial charge on any atom is -0.446 e. The molecule has 0 unspecified atom stereocenters. The summed E-state index contributed by atoms with van der Waals surface area (Å²) in [6.07, 6.45) is 5.66. The molecular formula is C18H22FN3O2. The Bertz CT molecular complexity index is 679. The van der Waals surface area contributed by atoms with Crippen LogP contribution in [0, 0.1) is 6.92 Å². The second-order valence-electron chi connectivity index (χ2n) is 6.28. The van der Waals surface area contributed by atoms with E-state index in [9.17, 15) is 9.18 Å². The Morgan fingerprint density at radius 1 is 1.33 bits per heavy atom. The number of alkyl halides is 1. The Hall–Kier alpha value is -2.24. The maximum Gasteiger partial charge on any atom is 0.222 e. The lowest BCUT2D eigenvalue weighted by molar-refractivity contribution is -0.134. The topological polar surface area (TPSA) is 59.2 Å². The first-order valence-corrected chi connectivity index (χ1v) is 8.36. The highest BCUT2D eigenvalue weighted by atomic mass is 19.1. The van der Waals surface area contributed by atoms with Crippen LogP contribution in [0.25, 0.3) is 0 Å². The van der Waals surface area contributed by atoms with E-state index in [4.69, 9.17) is 4.42 Å². The van der Waals surface area contributed by atoms with Gasteiger partial charge < -0.3 is 9.32 Å². The number of hydrogen-bond acceptors (Lipinski definition) is 4. The molecule has 3 heterocycles. The number of halogens is 1. The average Bonchev–Trinajstić information content (AvgIpc) is 3.01. The molecule has 128 valence electrons. The number of pyridine rings is 1. The quantitative estimate of drug-likeness (QED) is 0.844. The minimum atomic E-state index is -1.42. The third kappa shape index (κ3) is 3.80. The number of piperidine rings is 1. The predicted molar refractivity (Wildman–Crippen MR) is 87.0 cm³/mol. The molecule has 0 spiro atoms. The van der Waals surface area contributed by atoms with Gasteiger partial charge in [-0.25, -0.2) is 9.37 Å². The van der Waals surface area contributed by atoms with E-state index < -0.39 is 5.67 Å². The van der Waals surface area contributed by atoms with Crippen molar-refractivity contribution in [1.82, 2.24) is 14.9 Å². The van der Waals surface area contributed by atoms with Crippen molar-refractivity contribution in [3.63, 3.8) is 0 Å². The Kier molecular flexibility index (Phi) is 4.92. The van der Waals surface area contributed by atoms with Gasteiger partial charge in [-0.3, -0.25) is 9.78 Å². The van der Waals surface area contributed by atoms with E-state index in [0.29, 0.717) is 56.8 Å². The van der Waals surface area contributed by atoms with Crippen molar-refractivity contribution < 1.29 is 13.6 Å². The number of nitrogens with zero attached hydrogens (tertiary/aromatic N) is 3. The van der Waals surface area contributed by atoms with E-state index in [-0.39, 0.29) is 5.91 Å². The third-order valence-electron chi connectivity index (χ3n) is 4.48. The Balaban J connectivity index is 1.46. The lowest BCUT2D eigenvalue weighted by Gasteiger charge is -2.36. The van der Waals surface area contributed by atoms with Crippen LogP contribution in [0.4, 0.5) is 4.39 Å². The molecule has 0 aliphatic carbocycles. The molecule has 1 saturated heterocycles. The molecule has 6 heteroatoms. The molecule has 5 nitrogen and oxygen atoms in total. The monoisotopic (exact) mass is 331 g/mol. The van der Waals surface area contributed by atoms with Crippen LogP contribution in [0.1, 0.15) is 43.0 Å². The third-order valence-corrected chi connectivity index (χ3v) is 4.48. The number of carbonyl (C=O) groups is 1. The van der Waals surface area contributed by atoms with Crippen LogP contribution in [-0.4, -0.2) is 33.9 Å². The molecule has 1 amide bonds. The van der Waals surface area contributed by atoms with E-state index in [1.807, 2.05) is 6.92 Å². The molecule has 1 aliphatic rings. The number of rotatable bonds is 5. The highest BCUT2D eigenvalue weighted by molar-refractivity contribution is 5.76. The number of oxazole rings is 1. The summed E-state index contributed by atoms with van der Waals surface area (Å²) in [5, 5.41) is 0. The first-order chi connectivity index (χ1) is 11.6. The predicted octanol–water partition coefficient (Wildman–Crippen LogP) is 3.19. The molecule has 3 rings (SSSR count). The van der Waals surface area contributed by atoms with Gasteiger partial charge in [0.2, 0.25) is 5.91 Å². The van der Waals surface area contributed by atoms with E-state index in [1.165, 1.54) is 0 Å². The number of hydrogen-bond donors (Lipinski definition) is 0. The summed E-state index contributed by atoms with van der Waals surface area (Å²) in [6.45, 7) is 2.72. The van der Waals surface area contributed by atoms with Crippen LogP contribution in [0.2, 0.25) is 0 Å². The van der Waals surface area contributed by atoms with E-state index >= 15 is 0 Å². The maximum absolute atomic E-state index is 15.0. The lowest BCUT2D eigenvalue weighted by atomic mass is 9.89. The number of aryl methyl sites for hydroxylation is 2. The summed E-state index contributed by atoms with van der Waals surface area (Å²) in [5.41, 5.74) is -0.954. The molecule has 1 fully saturated rings. The van der Waals surface area contributed by atoms with Crippen molar-refractivity contribution in [2.45, 2.75) is 44.7 Å². The second kappa shape index (κ2) is 7.11. The zero-order valence-electron chi connectivity index (χ0n) is 13.9. The summed E-state index contributed by atoms with van der Waals surface area (Å²) in [5.74, 6) is 1.51. The molecule has 0 atom stereocenters. The van der Waals surface area contributed by atoms with Gasteiger partial charge >= 0.3 is 0 Å². The largest absolute Gasteiger partial charge is 0.446 e. The SMILES string of the molecule is Cc1cnc(CCCC(=O)N2CCC(F)(c3ccccn3)CC2)o1. The lowest BCUT2D eigenvalue weighted by Crippen LogP contribution is -2.43. The standard InChI is InChI=1S/C18H22FN3O2/c1-14-13-21-16(24-14)6-4-7-17(23)22-11-8-18(19,9-12-22)15-5-2-3-10-20-15/h2-3,5,10,13H,4,6-9,11-12H2,1H3. The van der Waals surface area contributed by atoms with Gasteiger partial charge in [-0.1, -0.05) is 6.07 Å². The maximum atomic E-state index is 15.0. The fraction of sp³-hybridized carbons (Fsp3) is 0.500. The molecule has 2 aromatic heterocycles. The minimum absolute atomic E-state index is 0.0707. The van der Waals surface area contributed by atoms with Crippen LogP contribution in [0.15, 0.2) is 35.0 Å². The molecule has 2 aromatic rings. The van der Waals surface area contributed by atoms with E-state index in [0.717, 1.165) is 5.76 Å². The van der Waals surface area contributed by atoms with Crippen molar-refractivity contribution in [3.05, 3.63) is 47.9 Å². The summed E-state index contributed by atoms with van der Waals surface area (Å²) >= 11 is 0. The molecule has 1 aliphatic heterocycles. The van der Waals surface area contributed by atoms with Gasteiger partial charge in [-0.15, -0.1) is 0 Å². The smallest absolute Gasteiger partial charge is 0.222 e. The molecule has 0 bridgehead atoms. The number of amides is 1. The normalized spacial score (nSPS) is 17.0. The summed E-state index contributed by atoms with van der Waals surface area (Å²) in [4.78, 5) is 22.3. The molecule has 0 radical (unpaired) electrons. The van der Waals surface area contributed by atoms with Gasteiger partial charge in [-0.05, 0) is 25.5 Å². The Morgan fingerprint density at radius 3 is 2.75 bits per heavy atom. The number of carbonyl (C=O) groups excluding carboxylic acids is 1. The van der Waals surface area contributed by atoms with E-state index in [1.54, 1.807) is 35.5 Å². The summed E-state index contributed by atoms with van der Waals surface area (Å²) in [7, 11) is 0. The van der Waals surface area contributed by atoms with Crippen molar-refractivity contribution in [3.8, 4) is 0 Å². The molecular weight excluding hydrogens is 309 g/mol. The van der Waals surface area contributed by atoms with Gasteiger partial charge in [0, 0.05) is 45.0 Å². The van der Waals surface area contributed by atoms with Gasteiger partial charge in [0.15, 0.2) is 11.6 Å². The van der Waals surface area contributed by atoms with Crippen LogP contribution >= 0.6 is 0 Å². The molecule has 0 N–H and O–H groups in total. The van der Waals surface area contributed by atoms with Crippen LogP contribution in [0.3, 0.4) is 0 Å². The van der Waals surface area contributed by atoms with Crippen LogP contribution in [-0.2, 0) is 16.9 Å². The van der Waals surface area contributed by atoms with E-state index in [2.05, 4.69) is 9.97 Å². The number of aromatic nitrogens is 2. The highest BCUT2D eigenvalue weighted by Crippen LogP contribution is 2.35. The average molecular weight is 331 g/mol. The molecule has 0 aromatic carbocycles. The summed E-state index contributed by atoms with van der Waals surface area (Å²) in [6, 6.07) is 5.29. The highest BCUT2D eigenvalue weighted by Gasteiger charge is 2.38. The van der Waals surface area contributed by atoms with Crippen LogP contribution in [0.5, 0.6) is 0 Å². The van der Waals surface area contributed by atoms with Gasteiger partial charge in [0.1, 0.15) is 5.76 Å². The fourth-order valence-electron chi connectivity index (χ4n) is 3.06. The van der Waals surface area contributed by atoms with Crippen molar-refractivity contribution in [1.29, 1.82) is 0 Å². The van der Waals surface area contributed by atoms with Crippen LogP contribution < -0.4 is 0 Å². The van der Waals surface area contributed by atoms with Crippen molar-refractivity contribution in [2.75, 3.05) is 13.1 Å². The summed E-state index contributed by atoms with van der Waals surface area (Å²) < 4.78 is 20.4. The zero-order chi connectivity index (χ0) is 17.0. The first-order valence-electron chi connectivity index (χ1n) is 8.36.